The molecule has 0 heterocycles. The van der Waals surface area contributed by atoms with Crippen LogP contribution in [0.4, 0.5) is 0 Å². The summed E-state index contributed by atoms with van der Waals surface area (Å²) in [7, 11) is 1.76. The molecule has 1 unspecified atom stereocenters. The Morgan fingerprint density at radius 3 is 2.36 bits per heavy atom. The van der Waals surface area contributed by atoms with Gasteiger partial charge in [-0.1, -0.05) is 19.9 Å². The monoisotopic (exact) mass is 200 g/mol. The number of allylic oxidation sites excluding steroid dienone is 1. The number of nitrogens with one attached hydrogen (secondary N) is 1. The van der Waals surface area contributed by atoms with E-state index in [1.807, 2.05) is 6.08 Å². The van der Waals surface area contributed by atoms with Gasteiger partial charge in [-0.05, 0) is 25.7 Å². The van der Waals surface area contributed by atoms with Crippen molar-refractivity contribution in [3.05, 3.63) is 12.7 Å². The number of methoxy groups -OCH3 is 1. The lowest BCUT2D eigenvalue weighted by atomic mass is 9.86. The van der Waals surface area contributed by atoms with Gasteiger partial charge in [-0.3, -0.25) is 11.3 Å². The van der Waals surface area contributed by atoms with Crippen molar-refractivity contribution in [2.24, 2.45) is 5.84 Å². The van der Waals surface area contributed by atoms with Crippen LogP contribution in [-0.4, -0.2) is 18.8 Å². The van der Waals surface area contributed by atoms with Crippen molar-refractivity contribution in [3.63, 3.8) is 0 Å². The first-order valence-electron chi connectivity index (χ1n) is 5.32. The van der Waals surface area contributed by atoms with Gasteiger partial charge in [-0.15, -0.1) is 6.58 Å². The van der Waals surface area contributed by atoms with E-state index in [4.69, 9.17) is 10.6 Å². The maximum absolute atomic E-state index is 5.61. The van der Waals surface area contributed by atoms with E-state index in [-0.39, 0.29) is 11.6 Å². The second kappa shape index (κ2) is 6.98. The second-order valence-electron chi connectivity index (χ2n) is 3.56. The van der Waals surface area contributed by atoms with Crippen molar-refractivity contribution in [2.75, 3.05) is 7.11 Å². The Kier molecular flexibility index (Phi) is 6.79. The number of nitrogens with two attached hydrogens (primary N) is 1. The Hall–Kier alpha value is -0.380. The molecule has 0 aliphatic rings. The highest BCUT2D eigenvalue weighted by Gasteiger charge is 2.34. The third-order valence-corrected chi connectivity index (χ3v) is 3.10. The highest BCUT2D eigenvalue weighted by molar-refractivity contribution is 4.91. The smallest absolute Gasteiger partial charge is 0.0839 e. The average molecular weight is 200 g/mol. The fraction of sp³-hybridized carbons (Fsp3) is 0.818. The Morgan fingerprint density at radius 1 is 1.50 bits per heavy atom. The zero-order valence-electron chi connectivity index (χ0n) is 9.68. The third kappa shape index (κ3) is 3.08. The summed E-state index contributed by atoms with van der Waals surface area (Å²) in [6.07, 6.45) is 5.77. The Labute approximate surface area is 87.7 Å². The number of rotatable bonds is 8. The standard InChI is InChI=1S/C11H24N2O/c1-5-8-9-10(13-12)11(6-2,7-3)14-4/h5,10,13H,1,6-9,12H2,2-4H3. The van der Waals surface area contributed by atoms with Crippen LogP contribution in [0.5, 0.6) is 0 Å². The van der Waals surface area contributed by atoms with Gasteiger partial charge in [0, 0.05) is 7.11 Å². The summed E-state index contributed by atoms with van der Waals surface area (Å²) < 4.78 is 5.61. The van der Waals surface area contributed by atoms with Crippen LogP contribution in [0.1, 0.15) is 39.5 Å². The Morgan fingerprint density at radius 2 is 2.07 bits per heavy atom. The van der Waals surface area contributed by atoms with Crippen LogP contribution in [0, 0.1) is 0 Å². The first-order chi connectivity index (χ1) is 6.70. The van der Waals surface area contributed by atoms with E-state index < -0.39 is 0 Å². The molecule has 0 rings (SSSR count). The normalized spacial score (nSPS) is 14.0. The topological polar surface area (TPSA) is 47.3 Å². The number of hydrazine groups is 1. The summed E-state index contributed by atoms with van der Waals surface area (Å²) in [4.78, 5) is 0. The molecule has 0 amide bonds. The van der Waals surface area contributed by atoms with Gasteiger partial charge < -0.3 is 4.74 Å². The number of hydrogen-bond acceptors (Lipinski definition) is 3. The molecular weight excluding hydrogens is 176 g/mol. The molecule has 3 N–H and O–H groups in total. The molecule has 0 saturated heterocycles. The van der Waals surface area contributed by atoms with Crippen molar-refractivity contribution < 1.29 is 4.74 Å². The zero-order chi connectivity index (χ0) is 11.0. The first-order valence-corrected chi connectivity index (χ1v) is 5.32. The highest BCUT2D eigenvalue weighted by atomic mass is 16.5. The van der Waals surface area contributed by atoms with Gasteiger partial charge in [0.05, 0.1) is 11.6 Å². The lowest BCUT2D eigenvalue weighted by Gasteiger charge is -2.38. The van der Waals surface area contributed by atoms with Crippen LogP contribution in [0.2, 0.25) is 0 Å². The SMILES string of the molecule is C=CCCC(NN)C(CC)(CC)OC. The molecule has 0 aromatic rings. The lowest BCUT2D eigenvalue weighted by molar-refractivity contribution is -0.0492. The van der Waals surface area contributed by atoms with Gasteiger partial charge in [0.15, 0.2) is 0 Å². The fourth-order valence-corrected chi connectivity index (χ4v) is 1.96. The van der Waals surface area contributed by atoms with Crippen LogP contribution in [0.3, 0.4) is 0 Å². The molecule has 84 valence electrons. The van der Waals surface area contributed by atoms with Crippen molar-refractivity contribution in [1.29, 1.82) is 0 Å². The molecule has 0 fully saturated rings. The third-order valence-electron chi connectivity index (χ3n) is 3.10. The predicted molar refractivity (Wildman–Crippen MR) is 60.9 cm³/mol. The van der Waals surface area contributed by atoms with Crippen molar-refractivity contribution in [2.45, 2.75) is 51.2 Å². The summed E-state index contributed by atoms with van der Waals surface area (Å²) in [5.41, 5.74) is 2.72. The summed E-state index contributed by atoms with van der Waals surface area (Å²) >= 11 is 0. The largest absolute Gasteiger partial charge is 0.377 e. The molecule has 0 bridgehead atoms. The summed E-state index contributed by atoms with van der Waals surface area (Å²) in [6.45, 7) is 7.98. The minimum absolute atomic E-state index is 0.141. The molecule has 1 atom stereocenters. The molecule has 0 aliphatic carbocycles. The summed E-state index contributed by atoms with van der Waals surface area (Å²) in [6, 6.07) is 0.195. The maximum Gasteiger partial charge on any atom is 0.0839 e. The van der Waals surface area contributed by atoms with Crippen LogP contribution >= 0.6 is 0 Å². The molecule has 3 heteroatoms. The van der Waals surface area contributed by atoms with Crippen molar-refractivity contribution >= 4 is 0 Å². The number of hydrogen-bond donors (Lipinski definition) is 2. The van der Waals surface area contributed by atoms with Crippen LogP contribution in [0.15, 0.2) is 12.7 Å². The quantitative estimate of drug-likeness (QED) is 0.358. The van der Waals surface area contributed by atoms with Gasteiger partial charge in [-0.2, -0.15) is 0 Å². The molecule has 3 nitrogen and oxygen atoms in total. The second-order valence-corrected chi connectivity index (χ2v) is 3.56. The van der Waals surface area contributed by atoms with Gasteiger partial charge in [0.2, 0.25) is 0 Å². The van der Waals surface area contributed by atoms with E-state index in [1.54, 1.807) is 7.11 Å². The molecule has 0 radical (unpaired) electrons. The fourth-order valence-electron chi connectivity index (χ4n) is 1.96. The van der Waals surface area contributed by atoms with Gasteiger partial charge in [0.1, 0.15) is 0 Å². The summed E-state index contributed by atoms with van der Waals surface area (Å²) in [5, 5.41) is 0. The Bertz CT molecular complexity index is 147. The Balaban J connectivity index is 4.47. The molecule has 0 saturated carbocycles. The van der Waals surface area contributed by atoms with Gasteiger partial charge >= 0.3 is 0 Å². The molecule has 0 spiro atoms. The summed E-state index contributed by atoms with van der Waals surface area (Å²) in [5.74, 6) is 5.56. The highest BCUT2D eigenvalue weighted by Crippen LogP contribution is 2.26. The van der Waals surface area contributed by atoms with Crippen molar-refractivity contribution in [1.82, 2.24) is 5.43 Å². The molecule has 14 heavy (non-hydrogen) atoms. The maximum atomic E-state index is 5.61. The number of ether oxygens (including phenoxy) is 1. The van der Waals surface area contributed by atoms with E-state index in [1.165, 1.54) is 0 Å². The van der Waals surface area contributed by atoms with Crippen LogP contribution in [0.25, 0.3) is 0 Å². The molecule has 0 aliphatic heterocycles. The van der Waals surface area contributed by atoms with E-state index in [0.29, 0.717) is 0 Å². The minimum Gasteiger partial charge on any atom is -0.377 e. The van der Waals surface area contributed by atoms with Crippen molar-refractivity contribution in [3.8, 4) is 0 Å². The zero-order valence-corrected chi connectivity index (χ0v) is 9.68. The average Bonchev–Trinajstić information content (AvgIpc) is 2.25. The first kappa shape index (κ1) is 13.6. The predicted octanol–water partition coefficient (Wildman–Crippen LogP) is 1.99. The minimum atomic E-state index is -0.141. The van der Waals surface area contributed by atoms with Crippen LogP contribution < -0.4 is 11.3 Å². The van der Waals surface area contributed by atoms with Gasteiger partial charge in [-0.25, -0.2) is 0 Å². The van der Waals surface area contributed by atoms with E-state index in [0.717, 1.165) is 25.7 Å². The van der Waals surface area contributed by atoms with E-state index in [9.17, 15) is 0 Å². The van der Waals surface area contributed by atoms with Gasteiger partial charge in [0.25, 0.3) is 0 Å². The van der Waals surface area contributed by atoms with E-state index in [2.05, 4.69) is 25.9 Å². The molecule has 0 aromatic carbocycles. The van der Waals surface area contributed by atoms with Crippen LogP contribution in [-0.2, 0) is 4.74 Å². The van der Waals surface area contributed by atoms with E-state index >= 15 is 0 Å². The molecular formula is C11H24N2O. The molecule has 0 aromatic heterocycles. The lowest BCUT2D eigenvalue weighted by Crippen LogP contribution is -2.53.